The number of aromatic amines is 1. The number of aromatic nitrogens is 5. The van der Waals surface area contributed by atoms with E-state index in [-0.39, 0.29) is 11.9 Å². The number of H-pyrrole nitrogens is 1. The van der Waals surface area contributed by atoms with Gasteiger partial charge in [-0.1, -0.05) is 0 Å². The first-order valence-corrected chi connectivity index (χ1v) is 9.43. The molecule has 3 aromatic rings. The smallest absolute Gasteiger partial charge is 0.263 e. The third-order valence-electron chi connectivity index (χ3n) is 4.53. The van der Waals surface area contributed by atoms with Crippen molar-refractivity contribution in [3.8, 4) is 10.6 Å². The predicted octanol–water partition coefficient (Wildman–Crippen LogP) is 1.97. The average molecular weight is 371 g/mol. The summed E-state index contributed by atoms with van der Waals surface area (Å²) in [6.45, 7) is 3.77. The Bertz CT molecular complexity index is 904. The third-order valence-corrected chi connectivity index (χ3v) is 5.57. The van der Waals surface area contributed by atoms with Crippen LogP contribution in [0, 0.1) is 6.92 Å². The fourth-order valence-electron chi connectivity index (χ4n) is 3.12. The van der Waals surface area contributed by atoms with Crippen LogP contribution in [0.1, 0.15) is 28.2 Å². The minimum atomic E-state index is -0.0493. The largest absolute Gasteiger partial charge is 0.355 e. The topological polar surface area (TPSA) is 91.7 Å². The Morgan fingerprint density at radius 2 is 2.15 bits per heavy atom. The van der Waals surface area contributed by atoms with Crippen molar-refractivity contribution < 1.29 is 4.79 Å². The number of rotatable bonds is 4. The highest BCUT2D eigenvalue weighted by atomic mass is 32.1. The molecule has 0 saturated carbocycles. The molecule has 1 aliphatic heterocycles. The van der Waals surface area contributed by atoms with Crippen LogP contribution in [0.4, 0.5) is 5.82 Å². The molecule has 8 nitrogen and oxygen atoms in total. The maximum absolute atomic E-state index is 12.5. The van der Waals surface area contributed by atoms with Crippen LogP contribution in [0.2, 0.25) is 0 Å². The number of amides is 1. The van der Waals surface area contributed by atoms with E-state index in [1.165, 1.54) is 11.3 Å². The lowest BCUT2D eigenvalue weighted by atomic mass is 10.0. The number of aryl methyl sites for hydroxylation is 2. The minimum Gasteiger partial charge on any atom is -0.355 e. The van der Waals surface area contributed by atoms with E-state index in [9.17, 15) is 4.79 Å². The lowest BCUT2D eigenvalue weighted by Gasteiger charge is -2.32. The lowest BCUT2D eigenvalue weighted by Crippen LogP contribution is -2.44. The second-order valence-electron chi connectivity index (χ2n) is 6.58. The Morgan fingerprint density at radius 3 is 2.81 bits per heavy atom. The molecule has 0 radical (unpaired) electrons. The molecule has 26 heavy (non-hydrogen) atoms. The molecule has 3 aromatic heterocycles. The molecule has 4 heterocycles. The number of carbonyl (C=O) groups is 1. The normalized spacial score (nSPS) is 15.4. The van der Waals surface area contributed by atoms with Crippen LogP contribution in [0.5, 0.6) is 0 Å². The van der Waals surface area contributed by atoms with Crippen LogP contribution in [0.3, 0.4) is 0 Å². The molecule has 0 aliphatic carbocycles. The molecule has 4 rings (SSSR count). The highest BCUT2D eigenvalue weighted by molar-refractivity contribution is 7.16. The first-order valence-electron chi connectivity index (χ1n) is 8.61. The molecule has 0 aromatic carbocycles. The zero-order valence-electron chi connectivity index (χ0n) is 14.8. The highest BCUT2D eigenvalue weighted by Gasteiger charge is 2.23. The quantitative estimate of drug-likeness (QED) is 0.732. The standard InChI is InChI=1S/C17H21N7OS/c1-11-7-15(22-21-11)24-5-3-13(4-6-24)20-16(25)14-9-18-17(26-14)12-8-19-23(2)10-12/h7-10,13H,3-6H2,1-2H3,(H,20,25)(H,21,22). The van der Waals surface area contributed by atoms with Crippen LogP contribution in [-0.4, -0.2) is 50.0 Å². The molecule has 2 N–H and O–H groups in total. The summed E-state index contributed by atoms with van der Waals surface area (Å²) in [5, 5.41) is 15.4. The van der Waals surface area contributed by atoms with E-state index in [0.717, 1.165) is 48.0 Å². The van der Waals surface area contributed by atoms with E-state index in [1.807, 2.05) is 20.2 Å². The molecular weight excluding hydrogens is 350 g/mol. The molecule has 1 fully saturated rings. The number of carbonyl (C=O) groups excluding carboxylic acids is 1. The lowest BCUT2D eigenvalue weighted by molar-refractivity contribution is 0.0935. The SMILES string of the molecule is Cc1cc(N2CCC(NC(=O)c3cnc(-c4cnn(C)c4)s3)CC2)n[nH]1. The predicted molar refractivity (Wildman–Crippen MR) is 100 cm³/mol. The van der Waals surface area contributed by atoms with Crippen molar-refractivity contribution in [2.45, 2.75) is 25.8 Å². The first kappa shape index (κ1) is 16.8. The van der Waals surface area contributed by atoms with Gasteiger partial charge in [0.2, 0.25) is 0 Å². The van der Waals surface area contributed by atoms with Crippen molar-refractivity contribution in [1.29, 1.82) is 0 Å². The van der Waals surface area contributed by atoms with Crippen LogP contribution < -0.4 is 10.2 Å². The van der Waals surface area contributed by atoms with Gasteiger partial charge in [0, 0.05) is 49.7 Å². The van der Waals surface area contributed by atoms with E-state index in [1.54, 1.807) is 17.1 Å². The van der Waals surface area contributed by atoms with E-state index in [4.69, 9.17) is 0 Å². The number of piperidine rings is 1. The Hall–Kier alpha value is -2.68. The first-order chi connectivity index (χ1) is 12.6. The fraction of sp³-hybridized carbons (Fsp3) is 0.412. The molecule has 0 atom stereocenters. The number of thiazole rings is 1. The van der Waals surface area contributed by atoms with E-state index in [2.05, 4.69) is 36.6 Å². The van der Waals surface area contributed by atoms with Gasteiger partial charge in [-0.05, 0) is 19.8 Å². The van der Waals surface area contributed by atoms with Crippen molar-refractivity contribution in [3.63, 3.8) is 0 Å². The fourth-order valence-corrected chi connectivity index (χ4v) is 3.91. The van der Waals surface area contributed by atoms with E-state index in [0.29, 0.717) is 4.88 Å². The molecule has 1 saturated heterocycles. The summed E-state index contributed by atoms with van der Waals surface area (Å²) in [6.07, 6.45) is 7.11. The van der Waals surface area contributed by atoms with Gasteiger partial charge in [-0.2, -0.15) is 10.2 Å². The van der Waals surface area contributed by atoms with E-state index >= 15 is 0 Å². The van der Waals surface area contributed by atoms with Crippen LogP contribution >= 0.6 is 11.3 Å². The van der Waals surface area contributed by atoms with Gasteiger partial charge in [0.05, 0.1) is 12.4 Å². The molecule has 136 valence electrons. The third kappa shape index (κ3) is 3.48. The summed E-state index contributed by atoms with van der Waals surface area (Å²) in [7, 11) is 1.86. The maximum atomic E-state index is 12.5. The molecule has 0 bridgehead atoms. The zero-order chi connectivity index (χ0) is 18.1. The number of hydrogen-bond acceptors (Lipinski definition) is 6. The highest BCUT2D eigenvalue weighted by Crippen LogP contribution is 2.25. The van der Waals surface area contributed by atoms with Crippen LogP contribution in [-0.2, 0) is 7.05 Å². The summed E-state index contributed by atoms with van der Waals surface area (Å²) in [6, 6.07) is 2.23. The summed E-state index contributed by atoms with van der Waals surface area (Å²) in [4.78, 5) is 19.8. The summed E-state index contributed by atoms with van der Waals surface area (Å²) in [5.41, 5.74) is 1.99. The van der Waals surface area contributed by atoms with Crippen LogP contribution in [0.15, 0.2) is 24.7 Å². The van der Waals surface area contributed by atoms with Gasteiger partial charge < -0.3 is 10.2 Å². The van der Waals surface area contributed by atoms with Gasteiger partial charge in [-0.3, -0.25) is 14.6 Å². The second-order valence-corrected chi connectivity index (χ2v) is 7.61. The summed E-state index contributed by atoms with van der Waals surface area (Å²) < 4.78 is 1.73. The average Bonchev–Trinajstić information content (AvgIpc) is 3.36. The Labute approximate surface area is 155 Å². The van der Waals surface area contributed by atoms with Crippen molar-refractivity contribution >= 4 is 23.1 Å². The molecule has 1 amide bonds. The molecule has 9 heteroatoms. The van der Waals surface area contributed by atoms with Gasteiger partial charge in [-0.25, -0.2) is 4.98 Å². The molecular formula is C17H21N7OS. The van der Waals surface area contributed by atoms with Crippen molar-refractivity contribution in [1.82, 2.24) is 30.3 Å². The summed E-state index contributed by atoms with van der Waals surface area (Å²) in [5.74, 6) is 0.933. The maximum Gasteiger partial charge on any atom is 0.263 e. The number of nitrogens with one attached hydrogen (secondary N) is 2. The number of nitrogens with zero attached hydrogens (tertiary/aromatic N) is 5. The summed E-state index contributed by atoms with van der Waals surface area (Å²) >= 11 is 1.40. The Morgan fingerprint density at radius 1 is 1.35 bits per heavy atom. The van der Waals surface area contributed by atoms with Gasteiger partial charge in [0.25, 0.3) is 5.91 Å². The van der Waals surface area contributed by atoms with Gasteiger partial charge in [-0.15, -0.1) is 11.3 Å². The Kier molecular flexibility index (Phi) is 4.46. The van der Waals surface area contributed by atoms with Crippen molar-refractivity contribution in [2.75, 3.05) is 18.0 Å². The van der Waals surface area contributed by atoms with E-state index < -0.39 is 0 Å². The minimum absolute atomic E-state index is 0.0493. The molecule has 0 unspecified atom stereocenters. The Balaban J connectivity index is 1.33. The monoisotopic (exact) mass is 371 g/mol. The van der Waals surface area contributed by atoms with Gasteiger partial charge in [0.15, 0.2) is 5.82 Å². The van der Waals surface area contributed by atoms with Crippen molar-refractivity contribution in [2.24, 2.45) is 7.05 Å². The number of anilines is 1. The molecule has 0 spiro atoms. The van der Waals surface area contributed by atoms with Crippen LogP contribution in [0.25, 0.3) is 10.6 Å². The van der Waals surface area contributed by atoms with Crippen molar-refractivity contribution in [3.05, 3.63) is 35.2 Å². The zero-order valence-corrected chi connectivity index (χ0v) is 15.6. The number of hydrogen-bond donors (Lipinski definition) is 2. The van der Waals surface area contributed by atoms with Gasteiger partial charge in [0.1, 0.15) is 9.88 Å². The second kappa shape index (κ2) is 6.91. The molecule has 1 aliphatic rings. The van der Waals surface area contributed by atoms with Gasteiger partial charge >= 0.3 is 0 Å².